The van der Waals surface area contributed by atoms with Crippen LogP contribution in [-0.2, 0) is 14.3 Å². The number of amides is 1. The fourth-order valence-electron chi connectivity index (χ4n) is 1.93. The number of hydrogen-bond acceptors (Lipinski definition) is 4. The first-order chi connectivity index (χ1) is 8.79. The Morgan fingerprint density at radius 2 is 2.33 bits per heavy atom. The van der Waals surface area contributed by atoms with Crippen LogP contribution in [0.2, 0.25) is 0 Å². The van der Waals surface area contributed by atoms with Crippen molar-refractivity contribution in [1.29, 1.82) is 0 Å². The van der Waals surface area contributed by atoms with Gasteiger partial charge in [-0.25, -0.2) is 0 Å². The quantitative estimate of drug-likeness (QED) is 0.470. The van der Waals surface area contributed by atoms with Gasteiger partial charge in [0.2, 0.25) is 5.91 Å². The average molecular weight is 256 g/mol. The Morgan fingerprint density at radius 3 is 3.06 bits per heavy atom. The van der Waals surface area contributed by atoms with Crippen LogP contribution in [-0.4, -0.2) is 44.9 Å². The molecular formula is C13H24N2O3. The lowest BCUT2D eigenvalue weighted by Gasteiger charge is -2.18. The van der Waals surface area contributed by atoms with Gasteiger partial charge in [-0.3, -0.25) is 4.79 Å². The largest absolute Gasteiger partial charge is 0.502 e. The minimum atomic E-state index is -0.0723. The van der Waals surface area contributed by atoms with Crippen molar-refractivity contribution in [3.63, 3.8) is 0 Å². The Hall–Kier alpha value is -1.07. The minimum absolute atomic E-state index is 0.0692. The van der Waals surface area contributed by atoms with Crippen LogP contribution in [0, 0.1) is 5.92 Å². The van der Waals surface area contributed by atoms with Gasteiger partial charge in [-0.2, -0.15) is 0 Å². The van der Waals surface area contributed by atoms with Gasteiger partial charge in [0.25, 0.3) is 0 Å². The summed E-state index contributed by atoms with van der Waals surface area (Å²) in [5.41, 5.74) is 0. The number of hydrogen-bond donors (Lipinski definition) is 2. The fourth-order valence-corrected chi connectivity index (χ4v) is 1.93. The summed E-state index contributed by atoms with van der Waals surface area (Å²) >= 11 is 0. The van der Waals surface area contributed by atoms with Gasteiger partial charge in [-0.1, -0.05) is 13.5 Å². The van der Waals surface area contributed by atoms with E-state index in [1.54, 1.807) is 0 Å². The van der Waals surface area contributed by atoms with Crippen LogP contribution in [0.25, 0.3) is 0 Å². The molecule has 2 unspecified atom stereocenters. The summed E-state index contributed by atoms with van der Waals surface area (Å²) in [4.78, 5) is 12.0. The van der Waals surface area contributed by atoms with Crippen molar-refractivity contribution in [3.8, 4) is 0 Å². The summed E-state index contributed by atoms with van der Waals surface area (Å²) in [5, 5.41) is 6.27. The normalized spacial score (nSPS) is 22.7. The molecule has 1 saturated heterocycles. The van der Waals surface area contributed by atoms with Gasteiger partial charge >= 0.3 is 0 Å². The van der Waals surface area contributed by atoms with Crippen LogP contribution in [0.5, 0.6) is 0 Å². The maximum absolute atomic E-state index is 12.0. The number of carbonyl (C=O) groups is 1. The van der Waals surface area contributed by atoms with E-state index in [0.717, 1.165) is 19.4 Å². The topological polar surface area (TPSA) is 59.6 Å². The zero-order valence-corrected chi connectivity index (χ0v) is 11.1. The maximum Gasteiger partial charge on any atom is 0.227 e. The monoisotopic (exact) mass is 256 g/mol. The molecule has 1 aliphatic heterocycles. The van der Waals surface area contributed by atoms with Crippen LogP contribution >= 0.6 is 0 Å². The van der Waals surface area contributed by atoms with Crippen molar-refractivity contribution < 1.29 is 14.3 Å². The third kappa shape index (κ3) is 5.06. The van der Waals surface area contributed by atoms with E-state index >= 15 is 0 Å². The summed E-state index contributed by atoms with van der Waals surface area (Å²) in [6.45, 7) is 8.84. The summed E-state index contributed by atoms with van der Waals surface area (Å²) in [7, 11) is 0. The van der Waals surface area contributed by atoms with E-state index in [0.29, 0.717) is 26.4 Å². The molecule has 0 bridgehead atoms. The van der Waals surface area contributed by atoms with Crippen molar-refractivity contribution in [2.45, 2.75) is 25.8 Å². The van der Waals surface area contributed by atoms with Crippen LogP contribution < -0.4 is 10.6 Å². The zero-order valence-electron chi connectivity index (χ0n) is 11.1. The van der Waals surface area contributed by atoms with Gasteiger partial charge in [-0.05, 0) is 19.4 Å². The Kier molecular flexibility index (Phi) is 7.44. The fraction of sp³-hybridized carbons (Fsp3) is 0.769. The number of nitrogens with one attached hydrogen (secondary N) is 2. The average Bonchev–Trinajstić information content (AvgIpc) is 2.84. The Labute approximate surface area is 109 Å². The van der Waals surface area contributed by atoms with E-state index in [4.69, 9.17) is 9.47 Å². The van der Waals surface area contributed by atoms with E-state index in [-0.39, 0.29) is 17.9 Å². The Morgan fingerprint density at radius 1 is 1.50 bits per heavy atom. The smallest absolute Gasteiger partial charge is 0.227 e. The third-order valence-electron chi connectivity index (χ3n) is 2.93. The predicted molar refractivity (Wildman–Crippen MR) is 70.2 cm³/mol. The Bertz CT molecular complexity index is 259. The van der Waals surface area contributed by atoms with Crippen molar-refractivity contribution in [2.75, 3.05) is 32.9 Å². The molecule has 1 fully saturated rings. The van der Waals surface area contributed by atoms with Crippen molar-refractivity contribution in [1.82, 2.24) is 10.6 Å². The third-order valence-corrected chi connectivity index (χ3v) is 2.93. The van der Waals surface area contributed by atoms with Crippen LogP contribution in [0.3, 0.4) is 0 Å². The molecule has 0 aromatic carbocycles. The molecular weight excluding hydrogens is 232 g/mol. The van der Waals surface area contributed by atoms with Crippen LogP contribution in [0.4, 0.5) is 0 Å². The Balaban J connectivity index is 2.20. The lowest BCUT2D eigenvalue weighted by atomic mass is 10.0. The zero-order chi connectivity index (χ0) is 13.2. The SMILES string of the molecule is C=COCCCNC(=O)C1COCC1NCCC. The van der Waals surface area contributed by atoms with Crippen molar-refractivity contribution in [2.24, 2.45) is 5.92 Å². The van der Waals surface area contributed by atoms with E-state index in [1.165, 1.54) is 6.26 Å². The molecule has 2 N–H and O–H groups in total. The second-order valence-corrected chi connectivity index (χ2v) is 4.39. The van der Waals surface area contributed by atoms with E-state index < -0.39 is 0 Å². The standard InChI is InChI=1S/C13H24N2O3/c1-3-6-14-12-10-18-9-11(12)13(16)15-7-5-8-17-4-2/h4,11-12,14H,2-3,5-10H2,1H3,(H,15,16). The molecule has 1 aliphatic rings. The summed E-state index contributed by atoms with van der Waals surface area (Å²) in [6.07, 6.45) is 3.26. The van der Waals surface area contributed by atoms with Gasteiger partial charge in [0.05, 0.1) is 32.0 Å². The summed E-state index contributed by atoms with van der Waals surface area (Å²) in [6, 6.07) is 0.148. The van der Waals surface area contributed by atoms with Gasteiger partial charge in [0, 0.05) is 12.6 Å². The molecule has 104 valence electrons. The molecule has 0 aromatic heterocycles. The molecule has 1 heterocycles. The highest BCUT2D eigenvalue weighted by molar-refractivity contribution is 5.79. The number of ether oxygens (including phenoxy) is 2. The number of rotatable bonds is 9. The first kappa shape index (κ1) is 15.0. The molecule has 2 atom stereocenters. The lowest BCUT2D eigenvalue weighted by Crippen LogP contribution is -2.44. The van der Waals surface area contributed by atoms with E-state index in [2.05, 4.69) is 24.1 Å². The maximum atomic E-state index is 12.0. The van der Waals surface area contributed by atoms with E-state index in [1.807, 2.05) is 0 Å². The van der Waals surface area contributed by atoms with Gasteiger partial charge < -0.3 is 20.1 Å². The number of carbonyl (C=O) groups excluding carboxylic acids is 1. The van der Waals surface area contributed by atoms with Crippen LogP contribution in [0.15, 0.2) is 12.8 Å². The second kappa shape index (κ2) is 8.94. The molecule has 0 aromatic rings. The molecule has 18 heavy (non-hydrogen) atoms. The van der Waals surface area contributed by atoms with Gasteiger partial charge in [0.15, 0.2) is 0 Å². The minimum Gasteiger partial charge on any atom is -0.502 e. The molecule has 0 saturated carbocycles. The summed E-state index contributed by atoms with van der Waals surface area (Å²) < 4.78 is 10.4. The van der Waals surface area contributed by atoms with Crippen molar-refractivity contribution in [3.05, 3.63) is 12.8 Å². The van der Waals surface area contributed by atoms with Gasteiger partial charge in [-0.15, -0.1) is 0 Å². The lowest BCUT2D eigenvalue weighted by molar-refractivity contribution is -0.125. The highest BCUT2D eigenvalue weighted by Gasteiger charge is 2.33. The molecule has 0 spiro atoms. The highest BCUT2D eigenvalue weighted by Crippen LogP contribution is 2.13. The first-order valence-electron chi connectivity index (χ1n) is 6.61. The molecule has 0 radical (unpaired) electrons. The molecule has 5 heteroatoms. The molecule has 1 amide bonds. The van der Waals surface area contributed by atoms with Crippen molar-refractivity contribution >= 4 is 5.91 Å². The molecule has 0 aliphatic carbocycles. The first-order valence-corrected chi connectivity index (χ1v) is 6.61. The van der Waals surface area contributed by atoms with Crippen LogP contribution in [0.1, 0.15) is 19.8 Å². The second-order valence-electron chi connectivity index (χ2n) is 4.39. The summed E-state index contributed by atoms with van der Waals surface area (Å²) in [5.74, 6) is -0.00317. The molecule has 5 nitrogen and oxygen atoms in total. The highest BCUT2D eigenvalue weighted by atomic mass is 16.5. The van der Waals surface area contributed by atoms with Gasteiger partial charge in [0.1, 0.15) is 0 Å². The molecule has 1 rings (SSSR count). The predicted octanol–water partition coefficient (Wildman–Crippen LogP) is 0.667. The van der Waals surface area contributed by atoms with E-state index in [9.17, 15) is 4.79 Å².